The van der Waals surface area contributed by atoms with Crippen LogP contribution in [0, 0.1) is 10.1 Å². The summed E-state index contributed by atoms with van der Waals surface area (Å²) in [5.74, 6) is -1.86. The van der Waals surface area contributed by atoms with Crippen molar-refractivity contribution in [1.29, 1.82) is 0 Å². The van der Waals surface area contributed by atoms with Crippen LogP contribution in [0.5, 0.6) is 0 Å². The molecular formula is C12H15N3O5. The fourth-order valence-corrected chi connectivity index (χ4v) is 1.70. The van der Waals surface area contributed by atoms with Crippen molar-refractivity contribution in [3.05, 3.63) is 33.9 Å². The molecule has 1 unspecified atom stereocenters. The SMILES string of the molecule is CCCC(Nc1cc(C(N)=O)ccc1[N+](=O)[O-])C(=O)O. The molecule has 8 heteroatoms. The molecule has 1 rings (SSSR count). The van der Waals surface area contributed by atoms with Crippen molar-refractivity contribution in [2.75, 3.05) is 5.32 Å². The van der Waals surface area contributed by atoms with E-state index >= 15 is 0 Å². The second-order valence-electron chi connectivity index (χ2n) is 4.18. The minimum atomic E-state index is -1.12. The molecule has 0 aliphatic heterocycles. The Bertz CT molecular complexity index is 544. The second-order valence-corrected chi connectivity index (χ2v) is 4.18. The van der Waals surface area contributed by atoms with Crippen molar-refractivity contribution in [3.8, 4) is 0 Å². The number of primary amides is 1. The average molecular weight is 281 g/mol. The number of nitrogens with two attached hydrogens (primary N) is 1. The number of benzene rings is 1. The van der Waals surface area contributed by atoms with E-state index in [0.717, 1.165) is 6.07 Å². The molecule has 0 heterocycles. The van der Waals surface area contributed by atoms with Crippen LogP contribution in [0.1, 0.15) is 30.1 Å². The van der Waals surface area contributed by atoms with Crippen LogP contribution in [0.3, 0.4) is 0 Å². The first-order valence-electron chi connectivity index (χ1n) is 5.94. The number of nitrogens with zero attached hydrogens (tertiary/aromatic N) is 1. The van der Waals surface area contributed by atoms with E-state index in [0.29, 0.717) is 12.8 Å². The first-order chi connectivity index (χ1) is 9.36. The molecular weight excluding hydrogens is 266 g/mol. The van der Waals surface area contributed by atoms with Crippen LogP contribution in [-0.4, -0.2) is 27.9 Å². The average Bonchev–Trinajstić information content (AvgIpc) is 2.37. The molecule has 1 aromatic rings. The number of carboxylic acid groups (broad SMARTS) is 1. The molecule has 20 heavy (non-hydrogen) atoms. The predicted octanol–water partition coefficient (Wildman–Crippen LogP) is 1.36. The zero-order chi connectivity index (χ0) is 15.3. The molecule has 0 fully saturated rings. The van der Waals surface area contributed by atoms with E-state index in [-0.39, 0.29) is 16.9 Å². The zero-order valence-corrected chi connectivity index (χ0v) is 10.8. The highest BCUT2D eigenvalue weighted by Gasteiger charge is 2.22. The van der Waals surface area contributed by atoms with Gasteiger partial charge in [0.25, 0.3) is 5.69 Å². The van der Waals surface area contributed by atoms with Crippen LogP contribution >= 0.6 is 0 Å². The molecule has 1 amide bonds. The lowest BCUT2D eigenvalue weighted by Gasteiger charge is -2.15. The monoisotopic (exact) mass is 281 g/mol. The summed E-state index contributed by atoms with van der Waals surface area (Å²) in [5.41, 5.74) is 4.83. The lowest BCUT2D eigenvalue weighted by atomic mass is 10.1. The highest BCUT2D eigenvalue weighted by Crippen LogP contribution is 2.26. The van der Waals surface area contributed by atoms with Gasteiger partial charge in [-0.3, -0.25) is 14.9 Å². The van der Waals surface area contributed by atoms with Gasteiger partial charge in [0, 0.05) is 11.6 Å². The van der Waals surface area contributed by atoms with E-state index < -0.39 is 22.8 Å². The number of hydrogen-bond donors (Lipinski definition) is 3. The van der Waals surface area contributed by atoms with E-state index in [4.69, 9.17) is 10.8 Å². The van der Waals surface area contributed by atoms with Crippen LogP contribution in [0.15, 0.2) is 18.2 Å². The largest absolute Gasteiger partial charge is 0.480 e. The molecule has 1 aromatic carbocycles. The summed E-state index contributed by atoms with van der Waals surface area (Å²) in [6.07, 6.45) is 0.889. The first kappa shape index (κ1) is 15.4. The van der Waals surface area contributed by atoms with Gasteiger partial charge in [-0.2, -0.15) is 0 Å². The Kier molecular flexibility index (Phi) is 5.01. The number of aliphatic carboxylic acids is 1. The molecule has 0 radical (unpaired) electrons. The number of anilines is 1. The van der Waals surface area contributed by atoms with Gasteiger partial charge in [0.1, 0.15) is 11.7 Å². The number of nitro groups is 1. The predicted molar refractivity (Wildman–Crippen MR) is 71.6 cm³/mol. The van der Waals surface area contributed by atoms with Crippen molar-refractivity contribution in [2.45, 2.75) is 25.8 Å². The number of carboxylic acids is 1. The summed E-state index contributed by atoms with van der Waals surface area (Å²) in [7, 11) is 0. The minimum absolute atomic E-state index is 0.0350. The summed E-state index contributed by atoms with van der Waals surface area (Å²) >= 11 is 0. The lowest BCUT2D eigenvalue weighted by Crippen LogP contribution is -2.29. The van der Waals surface area contributed by atoms with E-state index in [9.17, 15) is 19.7 Å². The van der Waals surface area contributed by atoms with Crippen molar-refractivity contribution >= 4 is 23.3 Å². The molecule has 0 bridgehead atoms. The third-order valence-corrected chi connectivity index (χ3v) is 2.68. The minimum Gasteiger partial charge on any atom is -0.480 e. The quantitative estimate of drug-likeness (QED) is 0.510. The zero-order valence-electron chi connectivity index (χ0n) is 10.8. The number of nitrogens with one attached hydrogen (secondary N) is 1. The summed E-state index contributed by atoms with van der Waals surface area (Å²) in [5, 5.41) is 22.5. The molecule has 108 valence electrons. The smallest absolute Gasteiger partial charge is 0.326 e. The van der Waals surface area contributed by atoms with Crippen LogP contribution in [-0.2, 0) is 4.79 Å². The van der Waals surface area contributed by atoms with Crippen molar-refractivity contribution < 1.29 is 19.6 Å². The van der Waals surface area contributed by atoms with E-state index in [2.05, 4.69) is 5.32 Å². The van der Waals surface area contributed by atoms with Gasteiger partial charge < -0.3 is 16.2 Å². The second kappa shape index (κ2) is 6.50. The Hall–Kier alpha value is -2.64. The van der Waals surface area contributed by atoms with Gasteiger partial charge in [-0.1, -0.05) is 13.3 Å². The van der Waals surface area contributed by atoms with Gasteiger partial charge >= 0.3 is 5.97 Å². The van der Waals surface area contributed by atoms with Crippen LogP contribution in [0.4, 0.5) is 11.4 Å². The number of carbonyl (C=O) groups is 2. The number of amides is 1. The number of rotatable bonds is 7. The molecule has 0 aliphatic rings. The third kappa shape index (κ3) is 3.67. The van der Waals surface area contributed by atoms with Crippen molar-refractivity contribution in [2.24, 2.45) is 5.73 Å². The normalized spacial score (nSPS) is 11.7. The third-order valence-electron chi connectivity index (χ3n) is 2.68. The lowest BCUT2D eigenvalue weighted by molar-refractivity contribution is -0.384. The van der Waals surface area contributed by atoms with E-state index in [1.807, 2.05) is 0 Å². The van der Waals surface area contributed by atoms with Crippen LogP contribution < -0.4 is 11.1 Å². The fourth-order valence-electron chi connectivity index (χ4n) is 1.70. The standard InChI is InChI=1S/C12H15N3O5/c1-2-3-8(12(17)18)14-9-6-7(11(13)16)4-5-10(9)15(19)20/h4-6,8,14H,2-3H2,1H3,(H2,13,16)(H,17,18). The molecule has 8 nitrogen and oxygen atoms in total. The van der Waals surface area contributed by atoms with Gasteiger partial charge in [0.15, 0.2) is 0 Å². The number of nitro benzene ring substituents is 1. The molecule has 1 atom stereocenters. The Labute approximate surface area is 114 Å². The van der Waals surface area contributed by atoms with Gasteiger partial charge in [0.05, 0.1) is 4.92 Å². The summed E-state index contributed by atoms with van der Waals surface area (Å²) in [6.45, 7) is 1.80. The van der Waals surface area contributed by atoms with Gasteiger partial charge in [0.2, 0.25) is 5.91 Å². The Morgan fingerprint density at radius 3 is 2.60 bits per heavy atom. The Morgan fingerprint density at radius 2 is 2.15 bits per heavy atom. The number of hydrogen-bond acceptors (Lipinski definition) is 5. The Balaban J connectivity index is 3.18. The molecule has 0 aliphatic carbocycles. The van der Waals surface area contributed by atoms with Crippen molar-refractivity contribution in [1.82, 2.24) is 0 Å². The number of carbonyl (C=O) groups excluding carboxylic acids is 1. The molecule has 0 aromatic heterocycles. The van der Waals surface area contributed by atoms with Gasteiger partial charge in [-0.05, 0) is 18.6 Å². The van der Waals surface area contributed by atoms with Gasteiger partial charge in [-0.15, -0.1) is 0 Å². The summed E-state index contributed by atoms with van der Waals surface area (Å²) in [6, 6.07) is 2.56. The maximum Gasteiger partial charge on any atom is 0.326 e. The molecule has 0 saturated carbocycles. The van der Waals surface area contributed by atoms with E-state index in [1.54, 1.807) is 6.92 Å². The Morgan fingerprint density at radius 1 is 1.50 bits per heavy atom. The van der Waals surface area contributed by atoms with Crippen LogP contribution in [0.2, 0.25) is 0 Å². The van der Waals surface area contributed by atoms with Crippen LogP contribution in [0.25, 0.3) is 0 Å². The maximum absolute atomic E-state index is 11.1. The van der Waals surface area contributed by atoms with E-state index in [1.165, 1.54) is 12.1 Å². The van der Waals surface area contributed by atoms with Gasteiger partial charge in [-0.25, -0.2) is 4.79 Å². The molecule has 4 N–H and O–H groups in total. The highest BCUT2D eigenvalue weighted by atomic mass is 16.6. The molecule has 0 spiro atoms. The maximum atomic E-state index is 11.1. The summed E-state index contributed by atoms with van der Waals surface area (Å²) < 4.78 is 0. The van der Waals surface area contributed by atoms with Crippen molar-refractivity contribution in [3.63, 3.8) is 0 Å². The highest BCUT2D eigenvalue weighted by molar-refractivity contribution is 5.95. The molecule has 0 saturated heterocycles. The summed E-state index contributed by atoms with van der Waals surface area (Å²) in [4.78, 5) is 32.4. The topological polar surface area (TPSA) is 136 Å². The first-order valence-corrected chi connectivity index (χ1v) is 5.94. The fraction of sp³-hybridized carbons (Fsp3) is 0.333.